The van der Waals surface area contributed by atoms with Gasteiger partial charge in [-0.3, -0.25) is 24.5 Å². The second kappa shape index (κ2) is 16.6. The minimum absolute atomic E-state index is 0. The number of fused-ring (bicyclic) bond motifs is 19. The van der Waals surface area contributed by atoms with E-state index in [-0.39, 0.29) is 38.9 Å². The fourth-order valence-corrected chi connectivity index (χ4v) is 11.0. The van der Waals surface area contributed by atoms with Gasteiger partial charge in [-0.05, 0) is 115 Å². The predicted octanol–water partition coefficient (Wildman–Crippen LogP) is 11.1. The van der Waals surface area contributed by atoms with Crippen LogP contribution in [0.2, 0.25) is 0 Å². The Balaban J connectivity index is 0.000000107. The molecular weight excluding hydrogens is 858 g/mol. The van der Waals surface area contributed by atoms with Crippen LogP contribution in [0.25, 0.3) is 0 Å². The molecule has 9 aromatic carbocycles. The van der Waals surface area contributed by atoms with E-state index in [2.05, 4.69) is 215 Å². The number of hydrogen-bond donors (Lipinski definition) is 4. The van der Waals surface area contributed by atoms with Crippen LogP contribution in [-0.2, 0) is 0 Å². The van der Waals surface area contributed by atoms with E-state index in [1.54, 1.807) is 0 Å². The number of nitrogens with zero attached hydrogens (tertiary/aromatic N) is 7. The number of para-hydroxylation sites is 18. The molecule has 9 aromatic rings. The molecule has 7 aliphatic heterocycles. The summed E-state index contributed by atoms with van der Waals surface area (Å²) in [6, 6.07) is 75.6. The molecule has 16 rings (SSSR count). The first-order valence-corrected chi connectivity index (χ1v) is 22.9. The Morgan fingerprint density at radius 3 is 1.06 bits per heavy atom. The molecule has 0 radical (unpaired) electrons. The molecule has 7 heterocycles. The van der Waals surface area contributed by atoms with Crippen molar-refractivity contribution in [2.24, 2.45) is 0 Å². The number of nitrogens with two attached hydrogens (primary N) is 2. The first-order chi connectivity index (χ1) is 33.6. The predicted molar refractivity (Wildman–Crippen MR) is 287 cm³/mol. The minimum atomic E-state index is 0. The zero-order valence-corrected chi connectivity index (χ0v) is 37.7. The van der Waals surface area contributed by atoms with Crippen molar-refractivity contribution < 1.29 is 18.9 Å². The van der Waals surface area contributed by atoms with Gasteiger partial charge >= 0.3 is 18.9 Å². The maximum Gasteiger partial charge on any atom is 1.00 e. The third-order valence-corrected chi connectivity index (χ3v) is 13.8. The quantitative estimate of drug-likeness (QED) is 0.0758. The largest absolute Gasteiger partial charge is 1.00 e. The molecular formula is C58H48LiN11. The summed E-state index contributed by atoms with van der Waals surface area (Å²) in [6.07, 6.45) is 1.21. The summed E-state index contributed by atoms with van der Waals surface area (Å²) < 4.78 is 0. The summed E-state index contributed by atoms with van der Waals surface area (Å²) in [4.78, 5) is 16.4. The summed E-state index contributed by atoms with van der Waals surface area (Å²) in [5.41, 5.74) is 33.0. The fourth-order valence-electron chi connectivity index (χ4n) is 11.0. The van der Waals surface area contributed by atoms with Crippen LogP contribution in [0.4, 0.5) is 102 Å². The van der Waals surface area contributed by atoms with Gasteiger partial charge in [-0.1, -0.05) is 117 Å². The molecule has 0 saturated heterocycles. The molecule has 0 bridgehead atoms. The molecule has 0 unspecified atom stereocenters. The van der Waals surface area contributed by atoms with Crippen molar-refractivity contribution in [3.05, 3.63) is 225 Å². The van der Waals surface area contributed by atoms with Gasteiger partial charge in [0.1, 0.15) is 0 Å². The molecule has 0 aromatic heterocycles. The van der Waals surface area contributed by atoms with Gasteiger partial charge in [-0.25, -0.2) is 0 Å². The van der Waals surface area contributed by atoms with Crippen LogP contribution in [-0.4, -0.2) is 12.6 Å². The van der Waals surface area contributed by atoms with Gasteiger partial charge in [0.25, 0.3) is 0 Å². The first-order valence-electron chi connectivity index (χ1n) is 22.9. The van der Waals surface area contributed by atoms with Crippen LogP contribution >= 0.6 is 0 Å². The molecule has 6 N–H and O–H groups in total. The molecule has 0 aliphatic carbocycles. The molecule has 0 spiro atoms. The maximum absolute atomic E-state index is 6.26. The van der Waals surface area contributed by atoms with Gasteiger partial charge < -0.3 is 31.9 Å². The van der Waals surface area contributed by atoms with Gasteiger partial charge in [0.05, 0.1) is 73.9 Å². The van der Waals surface area contributed by atoms with Gasteiger partial charge in [0.15, 0.2) is 12.6 Å². The molecule has 336 valence electrons. The molecule has 70 heavy (non-hydrogen) atoms. The van der Waals surface area contributed by atoms with Gasteiger partial charge in [0.2, 0.25) is 0 Å². The van der Waals surface area contributed by atoms with Gasteiger partial charge in [0, 0.05) is 28.4 Å². The van der Waals surface area contributed by atoms with Crippen LogP contribution in [0, 0.1) is 6.29 Å². The van der Waals surface area contributed by atoms with E-state index in [9.17, 15) is 0 Å². The second-order valence-corrected chi connectivity index (χ2v) is 17.4. The van der Waals surface area contributed by atoms with Crippen LogP contribution in [0.15, 0.2) is 218 Å². The Labute approximate surface area is 420 Å². The molecule has 12 heteroatoms. The summed E-state index contributed by atoms with van der Waals surface area (Å²) in [7, 11) is 0. The number of rotatable bonds is 2. The molecule has 11 nitrogen and oxygen atoms in total. The minimum Gasteiger partial charge on any atom is -0.492 e. The molecule has 0 saturated carbocycles. The smallest absolute Gasteiger partial charge is 0.492 e. The van der Waals surface area contributed by atoms with Gasteiger partial charge in [-0.2, -0.15) is 0 Å². The number of hydrogen-bond acceptors (Lipinski definition) is 11. The fraction of sp³-hybridized carbons (Fsp3) is 0.0517. The summed E-state index contributed by atoms with van der Waals surface area (Å²) in [6.45, 7) is 0. The molecule has 7 aliphatic rings. The van der Waals surface area contributed by atoms with E-state index >= 15 is 0 Å². The Morgan fingerprint density at radius 2 is 0.614 bits per heavy atom. The average Bonchev–Trinajstić information content (AvgIpc) is 4.25. The van der Waals surface area contributed by atoms with E-state index in [0.29, 0.717) is 0 Å². The summed E-state index contributed by atoms with van der Waals surface area (Å²) >= 11 is 0. The summed E-state index contributed by atoms with van der Waals surface area (Å²) in [5, 5.41) is 7.15. The van der Waals surface area contributed by atoms with Gasteiger partial charge in [-0.15, -0.1) is 0 Å². The number of nitrogens with one attached hydrogen (secondary N) is 2. The normalized spacial score (nSPS) is 15.9. The van der Waals surface area contributed by atoms with Crippen LogP contribution in [0.3, 0.4) is 0 Å². The van der Waals surface area contributed by atoms with E-state index in [4.69, 9.17) is 11.5 Å². The van der Waals surface area contributed by atoms with Crippen molar-refractivity contribution in [3.63, 3.8) is 0 Å². The van der Waals surface area contributed by atoms with Crippen molar-refractivity contribution in [3.8, 4) is 0 Å². The third kappa shape index (κ3) is 6.08. The number of anilines is 18. The zero-order valence-electron chi connectivity index (χ0n) is 37.7. The molecule has 0 fully saturated rings. The Hall–Kier alpha value is -8.62. The summed E-state index contributed by atoms with van der Waals surface area (Å²) in [5.74, 6) is 0. The Bertz CT molecular complexity index is 3130. The second-order valence-electron chi connectivity index (χ2n) is 17.4. The number of benzene rings is 9. The zero-order chi connectivity index (χ0) is 45.0. The van der Waals surface area contributed by atoms with Crippen molar-refractivity contribution in [2.75, 3.05) is 56.4 Å². The van der Waals surface area contributed by atoms with Crippen molar-refractivity contribution in [1.82, 2.24) is 0 Å². The van der Waals surface area contributed by atoms with Crippen molar-refractivity contribution in [2.45, 2.75) is 20.0 Å². The average molecular weight is 906 g/mol. The molecule has 0 amide bonds. The topological polar surface area (TPSA) is 98.8 Å². The van der Waals surface area contributed by atoms with Crippen LogP contribution in [0.5, 0.6) is 0 Å². The SMILES string of the molecule is C.Nc1ccccc1N1c2ccccc2N2c3ccccc3N[C-]12.Nc1ccccc1N1c2ccccc2N2c3ccccc3N[C@@H]12.[Li+].c1ccc2c(c1)N1c3ccccc3N3c4ccccc4N2C13. The van der Waals surface area contributed by atoms with Crippen LogP contribution < -0.4 is 75.3 Å². The Morgan fingerprint density at radius 1 is 0.314 bits per heavy atom. The van der Waals surface area contributed by atoms with Crippen molar-refractivity contribution >= 4 is 102 Å². The van der Waals surface area contributed by atoms with E-state index in [1.165, 1.54) is 45.5 Å². The number of nitrogen functional groups attached to an aromatic ring is 2. The van der Waals surface area contributed by atoms with E-state index in [1.807, 2.05) is 48.5 Å². The maximum atomic E-state index is 6.26. The standard InChI is InChI=1S/C19H16N4.C19H15N4.C19H13N3.CH4.Li/c2*20-13-7-1-3-9-15(13)22-17-11-5-6-12-18(17)23-16-10-4-2-8-14(16)21-19(22)23;1-2-8-14-13(7-1)20-15-9-3-4-10-16(15)22-18-12-6-5-11-17(18)21(14)19(20)22;;/h1-12,19,21H,20H2;1-12,21H,20H2;1-12,19H;1H4;/q;-1;;;+1/t19-;;;;/m0..../s1. The first kappa shape index (κ1) is 42.7. The Kier molecular flexibility index (Phi) is 10.1. The van der Waals surface area contributed by atoms with Crippen LogP contribution in [0.1, 0.15) is 7.43 Å². The van der Waals surface area contributed by atoms with E-state index < -0.39 is 0 Å². The third-order valence-electron chi connectivity index (χ3n) is 13.8. The van der Waals surface area contributed by atoms with Crippen molar-refractivity contribution in [1.29, 1.82) is 0 Å². The molecule has 1 atom stereocenters. The monoisotopic (exact) mass is 905 g/mol. The van der Waals surface area contributed by atoms with E-state index in [0.717, 1.165) is 63.2 Å².